The molecule has 2 aliphatic rings. The molecule has 1 aromatic heterocycles. The summed E-state index contributed by atoms with van der Waals surface area (Å²) in [4.78, 5) is 0. The lowest BCUT2D eigenvalue weighted by Crippen LogP contribution is -2.24. The highest BCUT2D eigenvalue weighted by molar-refractivity contribution is 5.37. The van der Waals surface area contributed by atoms with E-state index in [1.807, 2.05) is 5.10 Å². The summed E-state index contributed by atoms with van der Waals surface area (Å²) in [5, 5.41) is 13.8. The summed E-state index contributed by atoms with van der Waals surface area (Å²) in [6.07, 6.45) is -3.59. The first kappa shape index (κ1) is 17.1. The smallest absolute Gasteiger partial charge is 0.382 e. The molecule has 0 aliphatic heterocycles. The van der Waals surface area contributed by atoms with Crippen molar-refractivity contribution in [2.75, 3.05) is 0 Å². The van der Waals surface area contributed by atoms with E-state index in [1.54, 1.807) is 0 Å². The summed E-state index contributed by atoms with van der Waals surface area (Å²) < 4.78 is 74.7. The third kappa shape index (κ3) is 3.56. The lowest BCUT2D eigenvalue weighted by Gasteiger charge is -2.14. The number of aliphatic hydroxyl groups excluding tert-OH is 1. The van der Waals surface area contributed by atoms with E-state index in [0.29, 0.717) is 0 Å². The van der Waals surface area contributed by atoms with Gasteiger partial charge in [-0.2, -0.15) is 18.3 Å². The summed E-state index contributed by atoms with van der Waals surface area (Å²) in [6.45, 7) is 0. The SMILES string of the molecule is FC1CCCCC1.OC1c2c(C(F)(F)F)n[nH]c2CC1(F)F. The Balaban J connectivity index is 0.000000211. The summed E-state index contributed by atoms with van der Waals surface area (Å²) in [6, 6.07) is 0. The molecular formula is C13H16F6N2O. The number of H-pyrrole nitrogens is 1. The minimum Gasteiger partial charge on any atom is -0.382 e. The number of aliphatic hydroxyl groups is 1. The summed E-state index contributed by atoms with van der Waals surface area (Å²) in [5.41, 5.74) is -2.67. The zero-order valence-electron chi connectivity index (χ0n) is 11.6. The van der Waals surface area contributed by atoms with E-state index in [-0.39, 0.29) is 5.69 Å². The van der Waals surface area contributed by atoms with E-state index in [4.69, 9.17) is 5.11 Å². The van der Waals surface area contributed by atoms with Gasteiger partial charge >= 0.3 is 6.18 Å². The van der Waals surface area contributed by atoms with Gasteiger partial charge in [-0.15, -0.1) is 0 Å². The molecule has 1 unspecified atom stereocenters. The second kappa shape index (κ2) is 6.10. The Hall–Kier alpha value is -1.25. The Bertz CT molecular complexity index is 507. The first-order valence-corrected chi connectivity index (χ1v) is 6.97. The average Bonchev–Trinajstić information content (AvgIpc) is 2.90. The van der Waals surface area contributed by atoms with Crippen molar-refractivity contribution < 1.29 is 31.4 Å². The molecule has 0 saturated heterocycles. The molecule has 9 heteroatoms. The minimum atomic E-state index is -4.84. The molecule has 3 rings (SSSR count). The molecule has 1 heterocycles. The molecule has 126 valence electrons. The van der Waals surface area contributed by atoms with Gasteiger partial charge in [0.05, 0.1) is 6.42 Å². The van der Waals surface area contributed by atoms with Crippen molar-refractivity contribution in [1.29, 1.82) is 0 Å². The summed E-state index contributed by atoms with van der Waals surface area (Å²) in [7, 11) is 0. The van der Waals surface area contributed by atoms with Gasteiger partial charge in [-0.1, -0.05) is 19.3 Å². The maximum Gasteiger partial charge on any atom is 0.435 e. The van der Waals surface area contributed by atoms with E-state index in [9.17, 15) is 26.3 Å². The molecule has 0 bridgehead atoms. The number of halogens is 6. The Labute approximate surface area is 122 Å². The minimum absolute atomic E-state index is 0.361. The standard InChI is InChI=1S/C7H5F5N2O.C6H11F/c8-6(9)1-2-3(5(6)15)4(14-13-2)7(10,11)12;7-6-4-2-1-3-5-6/h5,15H,1H2,(H,13,14);6H,1-5H2. The molecule has 0 radical (unpaired) electrons. The van der Waals surface area contributed by atoms with Crippen LogP contribution >= 0.6 is 0 Å². The Morgan fingerprint density at radius 1 is 1.14 bits per heavy atom. The van der Waals surface area contributed by atoms with Crippen LogP contribution in [0.15, 0.2) is 0 Å². The molecule has 0 aromatic carbocycles. The van der Waals surface area contributed by atoms with Crippen molar-refractivity contribution in [2.24, 2.45) is 0 Å². The van der Waals surface area contributed by atoms with E-state index < -0.39 is 42.1 Å². The summed E-state index contributed by atoms with van der Waals surface area (Å²) >= 11 is 0. The van der Waals surface area contributed by atoms with Gasteiger partial charge in [0.25, 0.3) is 5.92 Å². The van der Waals surface area contributed by atoms with Crippen LogP contribution in [-0.4, -0.2) is 27.4 Å². The van der Waals surface area contributed by atoms with Crippen molar-refractivity contribution in [3.05, 3.63) is 17.0 Å². The van der Waals surface area contributed by atoms with Gasteiger partial charge in [-0.3, -0.25) is 5.10 Å². The van der Waals surface area contributed by atoms with Crippen LogP contribution in [0.4, 0.5) is 26.3 Å². The highest BCUT2D eigenvalue weighted by atomic mass is 19.4. The number of fused-ring (bicyclic) bond motifs is 1. The fraction of sp³-hybridized carbons (Fsp3) is 0.769. The number of hydrogen-bond acceptors (Lipinski definition) is 2. The van der Waals surface area contributed by atoms with Gasteiger partial charge in [-0.05, 0) is 12.8 Å². The van der Waals surface area contributed by atoms with Crippen LogP contribution in [0.2, 0.25) is 0 Å². The highest BCUT2D eigenvalue weighted by Crippen LogP contribution is 2.47. The average molecular weight is 330 g/mol. The third-order valence-corrected chi connectivity index (χ3v) is 3.77. The Kier molecular flexibility index (Phi) is 4.74. The van der Waals surface area contributed by atoms with Crippen LogP contribution < -0.4 is 0 Å². The third-order valence-electron chi connectivity index (χ3n) is 3.77. The molecular weight excluding hydrogens is 314 g/mol. The first-order valence-electron chi connectivity index (χ1n) is 6.97. The van der Waals surface area contributed by atoms with Crippen molar-refractivity contribution in [3.63, 3.8) is 0 Å². The van der Waals surface area contributed by atoms with Gasteiger partial charge in [0, 0.05) is 11.3 Å². The van der Waals surface area contributed by atoms with Crippen LogP contribution in [0.3, 0.4) is 0 Å². The van der Waals surface area contributed by atoms with Gasteiger partial charge in [0.1, 0.15) is 12.3 Å². The molecule has 1 atom stereocenters. The maximum atomic E-state index is 12.9. The topological polar surface area (TPSA) is 48.9 Å². The van der Waals surface area contributed by atoms with Gasteiger partial charge in [0.2, 0.25) is 0 Å². The molecule has 1 aromatic rings. The monoisotopic (exact) mass is 330 g/mol. The molecule has 1 fully saturated rings. The van der Waals surface area contributed by atoms with E-state index in [1.165, 1.54) is 6.42 Å². The van der Waals surface area contributed by atoms with Gasteiger partial charge in [0.15, 0.2) is 5.69 Å². The van der Waals surface area contributed by atoms with Crippen LogP contribution in [-0.2, 0) is 12.6 Å². The zero-order chi connectivity index (χ0) is 16.5. The van der Waals surface area contributed by atoms with E-state index in [2.05, 4.69) is 5.10 Å². The molecule has 2 aliphatic carbocycles. The van der Waals surface area contributed by atoms with E-state index >= 15 is 0 Å². The number of nitrogens with zero attached hydrogens (tertiary/aromatic N) is 1. The van der Waals surface area contributed by atoms with Crippen LogP contribution in [0.5, 0.6) is 0 Å². The zero-order valence-corrected chi connectivity index (χ0v) is 11.6. The van der Waals surface area contributed by atoms with Crippen LogP contribution in [0, 0.1) is 0 Å². The number of aromatic nitrogens is 2. The number of alkyl halides is 6. The number of nitrogens with one attached hydrogen (secondary N) is 1. The lowest BCUT2D eigenvalue weighted by atomic mass is 9.99. The Morgan fingerprint density at radius 3 is 2.18 bits per heavy atom. The summed E-state index contributed by atoms with van der Waals surface area (Å²) in [5.74, 6) is -3.57. The fourth-order valence-electron chi connectivity index (χ4n) is 2.63. The normalized spacial score (nSPS) is 24.6. The number of aromatic amines is 1. The molecule has 1 saturated carbocycles. The van der Waals surface area contributed by atoms with Crippen molar-refractivity contribution in [1.82, 2.24) is 10.2 Å². The van der Waals surface area contributed by atoms with Crippen LogP contribution in [0.1, 0.15) is 55.2 Å². The maximum absolute atomic E-state index is 12.9. The molecule has 22 heavy (non-hydrogen) atoms. The molecule has 0 amide bonds. The lowest BCUT2D eigenvalue weighted by molar-refractivity contribution is -0.146. The number of hydrogen-bond donors (Lipinski definition) is 2. The van der Waals surface area contributed by atoms with Gasteiger partial charge < -0.3 is 5.11 Å². The second-order valence-corrected chi connectivity index (χ2v) is 5.54. The highest BCUT2D eigenvalue weighted by Gasteiger charge is 2.53. The Morgan fingerprint density at radius 2 is 1.73 bits per heavy atom. The largest absolute Gasteiger partial charge is 0.435 e. The predicted octanol–water partition coefficient (Wildman–Crippen LogP) is 3.94. The quantitative estimate of drug-likeness (QED) is 0.708. The number of rotatable bonds is 0. The first-order chi connectivity index (χ1) is 10.1. The molecule has 3 nitrogen and oxygen atoms in total. The second-order valence-electron chi connectivity index (χ2n) is 5.54. The van der Waals surface area contributed by atoms with E-state index in [0.717, 1.165) is 25.7 Å². The molecule has 0 spiro atoms. The predicted molar refractivity (Wildman–Crippen MR) is 65.2 cm³/mol. The fourth-order valence-corrected chi connectivity index (χ4v) is 2.63. The van der Waals surface area contributed by atoms with Crippen LogP contribution in [0.25, 0.3) is 0 Å². The molecule has 2 N–H and O–H groups in total. The van der Waals surface area contributed by atoms with Gasteiger partial charge in [-0.25, -0.2) is 13.2 Å². The van der Waals surface area contributed by atoms with Crippen molar-refractivity contribution in [2.45, 2.75) is 62.9 Å². The van der Waals surface area contributed by atoms with Crippen molar-refractivity contribution >= 4 is 0 Å². The van der Waals surface area contributed by atoms with Crippen molar-refractivity contribution in [3.8, 4) is 0 Å².